The smallest absolute Gasteiger partial charge is 0.0538 e. The molecule has 0 amide bonds. The van der Waals surface area contributed by atoms with E-state index in [0.29, 0.717) is 0 Å². The van der Waals surface area contributed by atoms with Gasteiger partial charge in [-0.05, 0) is 45.7 Å². The molecule has 0 aromatic carbocycles. The largest absolute Gasteiger partial charge is 0.322 e. The van der Waals surface area contributed by atoms with Crippen LogP contribution in [0.25, 0.3) is 0 Å². The summed E-state index contributed by atoms with van der Waals surface area (Å²) in [4.78, 5) is 2.56. The molecule has 108 valence electrons. The van der Waals surface area contributed by atoms with E-state index < -0.39 is 0 Å². The second-order valence-electron chi connectivity index (χ2n) is 5.92. The predicted molar refractivity (Wildman–Crippen MR) is 78.9 cm³/mol. The molecule has 0 saturated carbocycles. The van der Waals surface area contributed by atoms with Gasteiger partial charge in [-0.3, -0.25) is 9.58 Å². The molecule has 2 rings (SSSR count). The van der Waals surface area contributed by atoms with Crippen LogP contribution in [0.3, 0.4) is 0 Å². The van der Waals surface area contributed by atoms with E-state index in [4.69, 9.17) is 5.73 Å². The Labute approximate surface area is 117 Å². The van der Waals surface area contributed by atoms with Crippen LogP contribution in [0.4, 0.5) is 0 Å². The van der Waals surface area contributed by atoms with Gasteiger partial charge in [-0.25, -0.2) is 0 Å². The summed E-state index contributed by atoms with van der Waals surface area (Å²) >= 11 is 0. The van der Waals surface area contributed by atoms with Crippen LogP contribution in [-0.4, -0.2) is 33.3 Å². The number of likely N-dealkylation sites (tertiary alicyclic amines) is 1. The number of aryl methyl sites for hydroxylation is 1. The fraction of sp³-hybridized carbons (Fsp3) is 0.800. The second kappa shape index (κ2) is 6.06. The fourth-order valence-corrected chi connectivity index (χ4v) is 3.12. The zero-order chi connectivity index (χ0) is 13.9. The molecule has 4 nitrogen and oxygen atoms in total. The molecule has 2 N–H and O–H groups in total. The van der Waals surface area contributed by atoms with Gasteiger partial charge in [0.1, 0.15) is 0 Å². The molecule has 0 aliphatic carbocycles. The molecular formula is C15H28N4. The number of rotatable bonds is 6. The zero-order valence-electron chi connectivity index (χ0n) is 12.6. The molecule has 0 spiro atoms. The second-order valence-corrected chi connectivity index (χ2v) is 5.92. The Morgan fingerprint density at radius 3 is 2.63 bits per heavy atom. The van der Waals surface area contributed by atoms with Gasteiger partial charge in [0.25, 0.3) is 0 Å². The molecule has 2 unspecified atom stereocenters. The van der Waals surface area contributed by atoms with Crippen molar-refractivity contribution in [1.29, 1.82) is 0 Å². The Bertz CT molecular complexity index is 395. The van der Waals surface area contributed by atoms with E-state index in [1.165, 1.54) is 31.5 Å². The van der Waals surface area contributed by atoms with E-state index in [0.717, 1.165) is 19.4 Å². The molecule has 1 aliphatic rings. The van der Waals surface area contributed by atoms with Crippen molar-refractivity contribution in [2.45, 2.75) is 64.6 Å². The van der Waals surface area contributed by atoms with Crippen molar-refractivity contribution >= 4 is 0 Å². The van der Waals surface area contributed by atoms with Gasteiger partial charge in [0.15, 0.2) is 0 Å². The van der Waals surface area contributed by atoms with Gasteiger partial charge >= 0.3 is 0 Å². The Balaban J connectivity index is 2.16. The van der Waals surface area contributed by atoms with Crippen LogP contribution in [0.2, 0.25) is 0 Å². The van der Waals surface area contributed by atoms with Gasteiger partial charge in [-0.15, -0.1) is 0 Å². The Morgan fingerprint density at radius 1 is 1.37 bits per heavy atom. The highest BCUT2D eigenvalue weighted by atomic mass is 15.3. The van der Waals surface area contributed by atoms with Gasteiger partial charge < -0.3 is 5.73 Å². The first-order valence-corrected chi connectivity index (χ1v) is 7.64. The molecule has 0 radical (unpaired) electrons. The zero-order valence-corrected chi connectivity index (χ0v) is 12.6. The summed E-state index contributed by atoms with van der Waals surface area (Å²) in [5, 5.41) is 4.42. The number of hydrogen-bond acceptors (Lipinski definition) is 3. The molecule has 0 bridgehead atoms. The number of hydrogen-bond donors (Lipinski definition) is 1. The fourth-order valence-electron chi connectivity index (χ4n) is 3.12. The quantitative estimate of drug-likeness (QED) is 0.859. The SMILES string of the molecule is CCCn1cc(C(N)C(C)(CC)N2CCCC2)cn1. The van der Waals surface area contributed by atoms with Crippen molar-refractivity contribution in [3.8, 4) is 0 Å². The monoisotopic (exact) mass is 264 g/mol. The lowest BCUT2D eigenvalue weighted by Crippen LogP contribution is -2.51. The Kier molecular flexibility index (Phi) is 4.63. The van der Waals surface area contributed by atoms with Crippen molar-refractivity contribution in [3.05, 3.63) is 18.0 Å². The van der Waals surface area contributed by atoms with Gasteiger partial charge in [-0.2, -0.15) is 5.10 Å². The minimum atomic E-state index is 0.0428. The number of nitrogens with two attached hydrogens (primary N) is 1. The van der Waals surface area contributed by atoms with Gasteiger partial charge in [0, 0.05) is 23.8 Å². The lowest BCUT2D eigenvalue weighted by atomic mass is 9.85. The van der Waals surface area contributed by atoms with Gasteiger partial charge in [0.05, 0.1) is 12.2 Å². The summed E-state index contributed by atoms with van der Waals surface area (Å²) in [6, 6.07) is 0.0428. The van der Waals surface area contributed by atoms with E-state index >= 15 is 0 Å². The third kappa shape index (κ3) is 2.84. The standard InChI is InChI=1S/C15H28N4/c1-4-8-19-12-13(11-17-19)14(16)15(3,5-2)18-9-6-7-10-18/h11-12,14H,4-10,16H2,1-3H3. The molecule has 19 heavy (non-hydrogen) atoms. The van der Waals surface area contributed by atoms with Crippen LogP contribution in [0, 0.1) is 0 Å². The molecule has 1 aromatic rings. The maximum Gasteiger partial charge on any atom is 0.0538 e. The first-order valence-electron chi connectivity index (χ1n) is 7.64. The van der Waals surface area contributed by atoms with Crippen molar-refractivity contribution in [2.75, 3.05) is 13.1 Å². The van der Waals surface area contributed by atoms with E-state index in [-0.39, 0.29) is 11.6 Å². The highest BCUT2D eigenvalue weighted by Crippen LogP contribution is 2.34. The van der Waals surface area contributed by atoms with E-state index in [2.05, 4.69) is 37.0 Å². The Morgan fingerprint density at radius 2 is 2.05 bits per heavy atom. The summed E-state index contributed by atoms with van der Waals surface area (Å²) in [7, 11) is 0. The lowest BCUT2D eigenvalue weighted by molar-refractivity contribution is 0.1000. The van der Waals surface area contributed by atoms with Crippen LogP contribution in [-0.2, 0) is 6.54 Å². The van der Waals surface area contributed by atoms with Crippen molar-refractivity contribution in [3.63, 3.8) is 0 Å². The maximum absolute atomic E-state index is 6.58. The molecular weight excluding hydrogens is 236 g/mol. The van der Waals surface area contributed by atoms with Gasteiger partial charge in [-0.1, -0.05) is 13.8 Å². The highest BCUT2D eigenvalue weighted by Gasteiger charge is 2.38. The molecule has 2 atom stereocenters. The molecule has 2 heterocycles. The highest BCUT2D eigenvalue weighted by molar-refractivity contribution is 5.16. The van der Waals surface area contributed by atoms with Crippen LogP contribution in [0.5, 0.6) is 0 Å². The lowest BCUT2D eigenvalue weighted by Gasteiger charge is -2.42. The van der Waals surface area contributed by atoms with E-state index in [9.17, 15) is 0 Å². The van der Waals surface area contributed by atoms with Crippen molar-refractivity contribution in [2.24, 2.45) is 5.73 Å². The third-order valence-electron chi connectivity index (χ3n) is 4.68. The molecule has 1 fully saturated rings. The summed E-state index contributed by atoms with van der Waals surface area (Å²) < 4.78 is 2.01. The molecule has 1 saturated heterocycles. The first kappa shape index (κ1) is 14.5. The minimum absolute atomic E-state index is 0.0428. The van der Waals surface area contributed by atoms with Crippen molar-refractivity contribution < 1.29 is 0 Å². The summed E-state index contributed by atoms with van der Waals surface area (Å²) in [5.41, 5.74) is 7.80. The minimum Gasteiger partial charge on any atom is -0.322 e. The van der Waals surface area contributed by atoms with Crippen LogP contribution in [0.1, 0.15) is 58.1 Å². The average Bonchev–Trinajstić information content (AvgIpc) is 3.08. The first-order chi connectivity index (χ1) is 9.11. The number of aromatic nitrogens is 2. The predicted octanol–water partition coefficient (Wildman–Crippen LogP) is 2.56. The normalized spacial score (nSPS) is 21.5. The topological polar surface area (TPSA) is 47.1 Å². The van der Waals surface area contributed by atoms with E-state index in [1.807, 2.05) is 10.9 Å². The van der Waals surface area contributed by atoms with Crippen LogP contribution >= 0.6 is 0 Å². The summed E-state index contributed by atoms with van der Waals surface area (Å²) in [6.07, 6.45) is 8.86. The third-order valence-corrected chi connectivity index (χ3v) is 4.68. The van der Waals surface area contributed by atoms with Crippen LogP contribution in [0.15, 0.2) is 12.4 Å². The average molecular weight is 264 g/mol. The number of nitrogens with zero attached hydrogens (tertiary/aromatic N) is 3. The maximum atomic E-state index is 6.58. The molecule has 1 aromatic heterocycles. The summed E-state index contributed by atoms with van der Waals surface area (Å²) in [5.74, 6) is 0. The van der Waals surface area contributed by atoms with Crippen LogP contribution < -0.4 is 5.73 Å². The van der Waals surface area contributed by atoms with Crippen molar-refractivity contribution in [1.82, 2.24) is 14.7 Å². The van der Waals surface area contributed by atoms with E-state index in [1.54, 1.807) is 0 Å². The molecule has 4 heteroatoms. The molecule has 1 aliphatic heterocycles. The Hall–Kier alpha value is -0.870. The summed E-state index contributed by atoms with van der Waals surface area (Å²) in [6.45, 7) is 10.1. The van der Waals surface area contributed by atoms with Gasteiger partial charge in [0.2, 0.25) is 0 Å².